The Morgan fingerprint density at radius 1 is 0.900 bits per heavy atom. The summed E-state index contributed by atoms with van der Waals surface area (Å²) in [4.78, 5) is 23.4. The van der Waals surface area contributed by atoms with Crippen LogP contribution in [0, 0.1) is 0 Å². The van der Waals surface area contributed by atoms with Gasteiger partial charge in [-0.25, -0.2) is 0 Å². The number of carbonyl (C=O) groups is 2. The number of para-hydroxylation sites is 2. The Balaban J connectivity index is 1.59. The molecule has 154 valence electrons. The first-order chi connectivity index (χ1) is 14.5. The minimum absolute atomic E-state index is 0.0980. The van der Waals surface area contributed by atoms with Crippen molar-refractivity contribution in [3.63, 3.8) is 0 Å². The number of hydrogen-bond acceptors (Lipinski definition) is 4. The predicted molar refractivity (Wildman–Crippen MR) is 116 cm³/mol. The van der Waals surface area contributed by atoms with Crippen molar-refractivity contribution in [2.45, 2.75) is 19.4 Å². The lowest BCUT2D eigenvalue weighted by molar-refractivity contribution is -0.122. The molecule has 0 heterocycles. The van der Waals surface area contributed by atoms with E-state index >= 15 is 0 Å². The van der Waals surface area contributed by atoms with Gasteiger partial charge in [0.15, 0.2) is 6.10 Å². The van der Waals surface area contributed by atoms with Crippen LogP contribution in [0.3, 0.4) is 0 Å². The lowest BCUT2D eigenvalue weighted by atomic mass is 10.1. The van der Waals surface area contributed by atoms with E-state index in [1.165, 1.54) is 0 Å². The van der Waals surface area contributed by atoms with Crippen molar-refractivity contribution in [1.29, 1.82) is 0 Å². The number of rotatable bonds is 9. The Bertz CT molecular complexity index is 988. The summed E-state index contributed by atoms with van der Waals surface area (Å²) in [6.45, 7) is 1.82. The van der Waals surface area contributed by atoms with Crippen LogP contribution in [-0.4, -0.2) is 24.5 Å². The Kier molecular flexibility index (Phi) is 7.05. The quantitative estimate of drug-likeness (QED) is 0.564. The van der Waals surface area contributed by atoms with Crippen molar-refractivity contribution < 1.29 is 19.1 Å². The molecule has 0 saturated heterocycles. The van der Waals surface area contributed by atoms with Crippen LogP contribution in [0.15, 0.2) is 78.9 Å². The van der Waals surface area contributed by atoms with Crippen molar-refractivity contribution in [2.24, 2.45) is 5.73 Å². The van der Waals surface area contributed by atoms with E-state index in [1.807, 2.05) is 54.6 Å². The second kappa shape index (κ2) is 10.1. The topological polar surface area (TPSA) is 90.7 Å². The third kappa shape index (κ3) is 5.85. The average molecular weight is 404 g/mol. The van der Waals surface area contributed by atoms with Crippen molar-refractivity contribution in [3.8, 4) is 22.6 Å². The number of hydrogen-bond donors (Lipinski definition) is 2. The molecule has 0 unspecified atom stereocenters. The minimum Gasteiger partial charge on any atom is -0.491 e. The summed E-state index contributed by atoms with van der Waals surface area (Å²) in [5.74, 6) is 0.305. The van der Waals surface area contributed by atoms with E-state index < -0.39 is 12.0 Å². The first-order valence-electron chi connectivity index (χ1n) is 9.66. The maximum atomic E-state index is 12.6. The molecule has 0 saturated carbocycles. The molecule has 0 spiro atoms. The van der Waals surface area contributed by atoms with E-state index in [0.717, 1.165) is 11.1 Å². The lowest BCUT2D eigenvalue weighted by Crippen LogP contribution is -2.30. The first kappa shape index (κ1) is 20.9. The van der Waals surface area contributed by atoms with Crippen LogP contribution >= 0.6 is 0 Å². The van der Waals surface area contributed by atoms with E-state index in [-0.39, 0.29) is 18.9 Å². The van der Waals surface area contributed by atoms with Gasteiger partial charge >= 0.3 is 0 Å². The summed E-state index contributed by atoms with van der Waals surface area (Å²) in [5.41, 5.74) is 7.81. The summed E-state index contributed by atoms with van der Waals surface area (Å²) < 4.78 is 11.3. The van der Waals surface area contributed by atoms with Crippen LogP contribution in [-0.2, 0) is 9.59 Å². The largest absolute Gasteiger partial charge is 0.491 e. The number of primary amides is 1. The highest BCUT2D eigenvalue weighted by Crippen LogP contribution is 2.25. The molecule has 1 atom stereocenters. The van der Waals surface area contributed by atoms with Gasteiger partial charge in [-0.15, -0.1) is 0 Å². The second-order valence-corrected chi connectivity index (χ2v) is 6.70. The van der Waals surface area contributed by atoms with Gasteiger partial charge in [0.2, 0.25) is 5.91 Å². The van der Waals surface area contributed by atoms with Crippen LogP contribution in [0.1, 0.15) is 13.3 Å². The Labute approximate surface area is 175 Å². The summed E-state index contributed by atoms with van der Waals surface area (Å²) in [5, 5.41) is 2.80. The lowest BCUT2D eigenvalue weighted by Gasteiger charge is -2.17. The molecule has 3 N–H and O–H groups in total. The summed E-state index contributed by atoms with van der Waals surface area (Å²) in [7, 11) is 0. The highest BCUT2D eigenvalue weighted by atomic mass is 16.5. The van der Waals surface area contributed by atoms with Crippen LogP contribution in [0.5, 0.6) is 11.5 Å². The molecule has 0 aromatic heterocycles. The molecule has 6 heteroatoms. The van der Waals surface area contributed by atoms with Gasteiger partial charge < -0.3 is 20.5 Å². The van der Waals surface area contributed by atoms with Gasteiger partial charge in [0, 0.05) is 0 Å². The molecule has 6 nitrogen and oxygen atoms in total. The van der Waals surface area contributed by atoms with E-state index in [0.29, 0.717) is 17.2 Å². The Morgan fingerprint density at radius 2 is 1.53 bits per heavy atom. The molecule has 3 aromatic carbocycles. The molecule has 3 aromatic rings. The molecule has 2 amide bonds. The van der Waals surface area contributed by atoms with E-state index in [2.05, 4.69) is 5.32 Å². The molecule has 30 heavy (non-hydrogen) atoms. The number of ether oxygens (including phenoxy) is 2. The van der Waals surface area contributed by atoms with Gasteiger partial charge in [0.05, 0.1) is 18.7 Å². The summed E-state index contributed by atoms with van der Waals surface area (Å²) in [6, 6.07) is 24.6. The molecular weight excluding hydrogens is 380 g/mol. The minimum atomic E-state index is -0.716. The number of benzene rings is 3. The second-order valence-electron chi connectivity index (χ2n) is 6.70. The number of anilines is 1. The van der Waals surface area contributed by atoms with Gasteiger partial charge in [-0.3, -0.25) is 9.59 Å². The molecule has 0 fully saturated rings. The Morgan fingerprint density at radius 3 is 2.23 bits per heavy atom. The summed E-state index contributed by atoms with van der Waals surface area (Å²) >= 11 is 0. The van der Waals surface area contributed by atoms with Crippen LogP contribution < -0.4 is 20.5 Å². The highest BCUT2D eigenvalue weighted by Gasteiger charge is 2.17. The van der Waals surface area contributed by atoms with Crippen LogP contribution in [0.25, 0.3) is 11.1 Å². The average Bonchev–Trinajstić information content (AvgIpc) is 2.76. The van der Waals surface area contributed by atoms with Crippen molar-refractivity contribution in [3.05, 3.63) is 78.9 Å². The zero-order valence-electron chi connectivity index (χ0n) is 16.7. The number of carbonyl (C=O) groups excluding carboxylic acids is 2. The van der Waals surface area contributed by atoms with Gasteiger partial charge in [0.1, 0.15) is 11.5 Å². The van der Waals surface area contributed by atoms with Gasteiger partial charge in [-0.05, 0) is 42.3 Å². The first-order valence-corrected chi connectivity index (χ1v) is 9.66. The predicted octanol–water partition coefficient (Wildman–Crippen LogP) is 4.01. The van der Waals surface area contributed by atoms with E-state index in [1.54, 1.807) is 31.2 Å². The van der Waals surface area contributed by atoms with Crippen molar-refractivity contribution in [2.75, 3.05) is 11.9 Å². The molecule has 3 rings (SSSR count). The van der Waals surface area contributed by atoms with Gasteiger partial charge in [0.25, 0.3) is 5.91 Å². The monoisotopic (exact) mass is 404 g/mol. The molecule has 0 aliphatic rings. The highest BCUT2D eigenvalue weighted by molar-refractivity contribution is 5.95. The van der Waals surface area contributed by atoms with Gasteiger partial charge in [-0.1, -0.05) is 54.6 Å². The van der Waals surface area contributed by atoms with Crippen LogP contribution in [0.4, 0.5) is 5.69 Å². The SMILES string of the molecule is C[C@@H](Oc1ccc(-c2ccccc2)cc1)C(=O)Nc1ccccc1OCCC(N)=O. The van der Waals surface area contributed by atoms with Crippen LogP contribution in [0.2, 0.25) is 0 Å². The van der Waals surface area contributed by atoms with Crippen molar-refractivity contribution >= 4 is 17.5 Å². The number of nitrogens with two attached hydrogens (primary N) is 1. The Hall–Kier alpha value is -3.80. The number of amides is 2. The molecule has 0 aliphatic heterocycles. The zero-order valence-corrected chi connectivity index (χ0v) is 16.7. The fraction of sp³-hybridized carbons (Fsp3) is 0.167. The molecule has 0 aliphatic carbocycles. The molecule has 0 bridgehead atoms. The maximum Gasteiger partial charge on any atom is 0.265 e. The zero-order chi connectivity index (χ0) is 21.3. The fourth-order valence-corrected chi connectivity index (χ4v) is 2.81. The molecule has 0 radical (unpaired) electrons. The van der Waals surface area contributed by atoms with E-state index in [9.17, 15) is 9.59 Å². The van der Waals surface area contributed by atoms with Crippen molar-refractivity contribution in [1.82, 2.24) is 0 Å². The maximum absolute atomic E-state index is 12.6. The third-order valence-electron chi connectivity index (χ3n) is 4.39. The van der Waals surface area contributed by atoms with E-state index in [4.69, 9.17) is 15.2 Å². The number of nitrogens with one attached hydrogen (secondary N) is 1. The third-order valence-corrected chi connectivity index (χ3v) is 4.39. The normalized spacial score (nSPS) is 11.4. The fourth-order valence-electron chi connectivity index (χ4n) is 2.81. The van der Waals surface area contributed by atoms with Gasteiger partial charge in [-0.2, -0.15) is 0 Å². The molecular formula is C24H24N2O4. The summed E-state index contributed by atoms with van der Waals surface area (Å²) in [6.07, 6.45) is -0.618. The smallest absolute Gasteiger partial charge is 0.265 e. The standard InChI is InChI=1S/C24H24N2O4/c1-17(30-20-13-11-19(12-14-20)18-7-3-2-4-8-18)24(28)26-21-9-5-6-10-22(21)29-16-15-23(25)27/h2-14,17H,15-16H2,1H3,(H2,25,27)(H,26,28)/t17-/m1/s1.